The Hall–Kier alpha value is -2.48. The number of nitrogens with zero attached hydrogens (tertiary/aromatic N) is 1. The third-order valence-electron chi connectivity index (χ3n) is 2.51. The number of benzene rings is 2. The summed E-state index contributed by atoms with van der Waals surface area (Å²) in [6, 6.07) is 6.35. The summed E-state index contributed by atoms with van der Waals surface area (Å²) in [6.07, 6.45) is 0. The number of hydrogen-bond acceptors (Lipinski definition) is 4. The average Bonchev–Trinajstić information content (AvgIpc) is 2.42. The predicted molar refractivity (Wildman–Crippen MR) is 70.5 cm³/mol. The number of nitro groups is 1. The monoisotopic (exact) mass is 311 g/mol. The van der Waals surface area contributed by atoms with Crippen LogP contribution in [0.2, 0.25) is 0 Å². The van der Waals surface area contributed by atoms with Crippen molar-refractivity contribution in [3.05, 3.63) is 63.7 Å². The number of aromatic carboxylic acids is 1. The van der Waals surface area contributed by atoms with Gasteiger partial charge in [0.15, 0.2) is 0 Å². The molecule has 5 nitrogen and oxygen atoms in total. The Morgan fingerprint density at radius 1 is 1.19 bits per heavy atom. The van der Waals surface area contributed by atoms with E-state index in [0.717, 1.165) is 36.0 Å². The molecule has 2 aromatic carbocycles. The smallest absolute Gasteiger partial charge is 0.338 e. The Morgan fingerprint density at radius 2 is 1.90 bits per heavy atom. The number of halogens is 2. The van der Waals surface area contributed by atoms with Crippen molar-refractivity contribution in [1.29, 1.82) is 0 Å². The molecule has 1 N–H and O–H groups in total. The van der Waals surface area contributed by atoms with Crippen LogP contribution in [0.15, 0.2) is 46.2 Å². The van der Waals surface area contributed by atoms with Crippen LogP contribution in [0.5, 0.6) is 0 Å². The summed E-state index contributed by atoms with van der Waals surface area (Å²) >= 11 is 0.853. The van der Waals surface area contributed by atoms with Crippen LogP contribution in [-0.4, -0.2) is 16.0 Å². The second-order valence-corrected chi connectivity index (χ2v) is 5.03. The van der Waals surface area contributed by atoms with Crippen LogP contribution in [0.3, 0.4) is 0 Å². The molecule has 0 spiro atoms. The quantitative estimate of drug-likeness (QED) is 0.687. The van der Waals surface area contributed by atoms with E-state index in [4.69, 9.17) is 5.11 Å². The molecule has 0 bridgehead atoms. The van der Waals surface area contributed by atoms with E-state index < -0.39 is 33.8 Å². The van der Waals surface area contributed by atoms with Gasteiger partial charge in [-0.2, -0.15) is 0 Å². The number of rotatable bonds is 4. The molecular weight excluding hydrogens is 304 g/mol. The first-order valence-corrected chi connectivity index (χ1v) is 6.35. The van der Waals surface area contributed by atoms with Gasteiger partial charge in [-0.25, -0.2) is 13.6 Å². The molecule has 0 heterocycles. The molecule has 0 fully saturated rings. The maximum atomic E-state index is 13.3. The third kappa shape index (κ3) is 3.34. The van der Waals surface area contributed by atoms with Gasteiger partial charge in [0.05, 0.1) is 21.4 Å². The van der Waals surface area contributed by atoms with Gasteiger partial charge in [0, 0.05) is 4.90 Å². The molecule has 0 atom stereocenters. The lowest BCUT2D eigenvalue weighted by Crippen LogP contribution is -2.00. The molecule has 2 rings (SSSR count). The topological polar surface area (TPSA) is 80.4 Å². The molecule has 0 aliphatic heterocycles. The highest BCUT2D eigenvalue weighted by Crippen LogP contribution is 2.35. The Morgan fingerprint density at radius 3 is 2.52 bits per heavy atom. The molecule has 0 saturated heterocycles. The van der Waals surface area contributed by atoms with Gasteiger partial charge < -0.3 is 5.11 Å². The maximum absolute atomic E-state index is 13.3. The second kappa shape index (κ2) is 5.88. The van der Waals surface area contributed by atoms with Gasteiger partial charge in [-0.15, -0.1) is 0 Å². The first-order valence-electron chi connectivity index (χ1n) is 5.53. The van der Waals surface area contributed by atoms with Crippen molar-refractivity contribution < 1.29 is 23.6 Å². The minimum absolute atomic E-state index is 0.129. The first-order chi connectivity index (χ1) is 9.88. The lowest BCUT2D eigenvalue weighted by Gasteiger charge is -2.05. The van der Waals surface area contributed by atoms with E-state index in [9.17, 15) is 23.7 Å². The van der Waals surface area contributed by atoms with Crippen molar-refractivity contribution in [3.8, 4) is 0 Å². The summed E-state index contributed by atoms with van der Waals surface area (Å²) in [5, 5.41) is 19.7. The largest absolute Gasteiger partial charge is 0.478 e. The van der Waals surface area contributed by atoms with Crippen LogP contribution >= 0.6 is 11.8 Å². The van der Waals surface area contributed by atoms with Gasteiger partial charge in [-0.05, 0) is 30.3 Å². The molecule has 108 valence electrons. The van der Waals surface area contributed by atoms with E-state index in [1.807, 2.05) is 0 Å². The summed E-state index contributed by atoms with van der Waals surface area (Å²) in [6.45, 7) is 0. The summed E-state index contributed by atoms with van der Waals surface area (Å²) in [5.41, 5.74) is -0.981. The van der Waals surface area contributed by atoms with Gasteiger partial charge in [0.1, 0.15) is 11.6 Å². The summed E-state index contributed by atoms with van der Waals surface area (Å²) in [7, 11) is 0. The van der Waals surface area contributed by atoms with E-state index >= 15 is 0 Å². The SMILES string of the molecule is O=C(O)c1cc(Sc2ccc(F)cc2[N+](=O)[O-])ccc1F. The standard InChI is InChI=1S/C13H7F2NO4S/c14-7-1-4-12(11(5-7)16(19)20)21-8-2-3-10(15)9(6-8)13(17)18/h1-6H,(H,17,18). The van der Waals surface area contributed by atoms with Crippen molar-refractivity contribution in [2.24, 2.45) is 0 Å². The number of carbonyl (C=O) groups is 1. The fourth-order valence-corrected chi connectivity index (χ4v) is 2.52. The number of nitro benzene ring substituents is 1. The number of hydrogen-bond donors (Lipinski definition) is 1. The van der Waals surface area contributed by atoms with Crippen molar-refractivity contribution in [2.75, 3.05) is 0 Å². The van der Waals surface area contributed by atoms with Gasteiger partial charge >= 0.3 is 5.97 Å². The van der Waals surface area contributed by atoms with Crippen LogP contribution in [0, 0.1) is 21.7 Å². The van der Waals surface area contributed by atoms with E-state index in [1.165, 1.54) is 12.1 Å². The average molecular weight is 311 g/mol. The number of carboxylic acid groups (broad SMARTS) is 1. The molecule has 8 heteroatoms. The maximum Gasteiger partial charge on any atom is 0.338 e. The van der Waals surface area contributed by atoms with E-state index in [1.54, 1.807) is 0 Å². The summed E-state index contributed by atoms with van der Waals surface area (Å²) in [5.74, 6) is -3.10. The van der Waals surface area contributed by atoms with Gasteiger partial charge in [0.25, 0.3) is 5.69 Å². The van der Waals surface area contributed by atoms with Gasteiger partial charge in [0.2, 0.25) is 0 Å². The zero-order chi connectivity index (χ0) is 15.6. The van der Waals surface area contributed by atoms with Crippen molar-refractivity contribution in [1.82, 2.24) is 0 Å². The summed E-state index contributed by atoms with van der Waals surface area (Å²) < 4.78 is 26.3. The molecule has 0 aliphatic carbocycles. The molecular formula is C13H7F2NO4S. The Kier molecular flexibility index (Phi) is 4.18. The molecule has 0 unspecified atom stereocenters. The van der Waals surface area contributed by atoms with Gasteiger partial charge in [-0.1, -0.05) is 11.8 Å². The van der Waals surface area contributed by atoms with Crippen molar-refractivity contribution >= 4 is 23.4 Å². The van der Waals surface area contributed by atoms with Crippen molar-refractivity contribution in [2.45, 2.75) is 9.79 Å². The van der Waals surface area contributed by atoms with Crippen LogP contribution in [-0.2, 0) is 0 Å². The summed E-state index contributed by atoms with van der Waals surface area (Å²) in [4.78, 5) is 21.4. The van der Waals surface area contributed by atoms with Crippen molar-refractivity contribution in [3.63, 3.8) is 0 Å². The van der Waals surface area contributed by atoms with Crippen LogP contribution in [0.25, 0.3) is 0 Å². The first kappa shape index (κ1) is 14.9. The second-order valence-electron chi connectivity index (χ2n) is 3.92. The molecule has 2 aromatic rings. The lowest BCUT2D eigenvalue weighted by molar-refractivity contribution is -0.387. The molecule has 0 radical (unpaired) electrons. The van der Waals surface area contributed by atoms with E-state index in [0.29, 0.717) is 4.90 Å². The van der Waals surface area contributed by atoms with Crippen LogP contribution in [0.1, 0.15) is 10.4 Å². The Bertz CT molecular complexity index is 736. The Balaban J connectivity index is 2.41. The fourth-order valence-electron chi connectivity index (χ4n) is 1.58. The van der Waals surface area contributed by atoms with Crippen LogP contribution < -0.4 is 0 Å². The zero-order valence-electron chi connectivity index (χ0n) is 10.2. The molecule has 0 amide bonds. The highest BCUT2D eigenvalue weighted by molar-refractivity contribution is 7.99. The van der Waals surface area contributed by atoms with Crippen LogP contribution in [0.4, 0.5) is 14.5 Å². The molecule has 0 aliphatic rings. The van der Waals surface area contributed by atoms with Gasteiger partial charge in [-0.3, -0.25) is 10.1 Å². The van der Waals surface area contributed by atoms with E-state index in [-0.39, 0.29) is 4.90 Å². The number of carboxylic acids is 1. The minimum atomic E-state index is -1.44. The molecule has 21 heavy (non-hydrogen) atoms. The molecule has 0 aromatic heterocycles. The third-order valence-corrected chi connectivity index (χ3v) is 3.57. The molecule has 0 saturated carbocycles. The Labute approximate surface area is 121 Å². The minimum Gasteiger partial charge on any atom is -0.478 e. The highest BCUT2D eigenvalue weighted by Gasteiger charge is 2.17. The zero-order valence-corrected chi connectivity index (χ0v) is 11.1. The normalized spacial score (nSPS) is 10.4. The predicted octanol–water partition coefficient (Wildman–Crippen LogP) is 3.72. The van der Waals surface area contributed by atoms with E-state index in [2.05, 4.69) is 0 Å². The fraction of sp³-hybridized carbons (Fsp3) is 0. The lowest BCUT2D eigenvalue weighted by atomic mass is 10.2. The highest BCUT2D eigenvalue weighted by atomic mass is 32.2.